The highest BCUT2D eigenvalue weighted by molar-refractivity contribution is 5.76. The summed E-state index contributed by atoms with van der Waals surface area (Å²) in [6, 6.07) is 4.04. The van der Waals surface area contributed by atoms with Gasteiger partial charge in [-0.1, -0.05) is 13.0 Å². The number of rotatable bonds is 6. The molecule has 2 aliphatic heterocycles. The summed E-state index contributed by atoms with van der Waals surface area (Å²) in [6.45, 7) is 9.03. The molecule has 2 N–H and O–H groups in total. The molecule has 0 spiro atoms. The van der Waals surface area contributed by atoms with Crippen molar-refractivity contribution in [3.63, 3.8) is 0 Å². The van der Waals surface area contributed by atoms with Gasteiger partial charge in [-0.2, -0.15) is 0 Å². The average Bonchev–Trinajstić information content (AvgIpc) is 2.68. The Kier molecular flexibility index (Phi) is 6.86. The monoisotopic (exact) mass is 359 g/mol. The number of anilines is 1. The Hall–Kier alpha value is -1.66. The van der Waals surface area contributed by atoms with Gasteiger partial charge in [0.1, 0.15) is 5.82 Å². The van der Waals surface area contributed by atoms with Crippen LogP contribution in [0.3, 0.4) is 0 Å². The molecule has 3 rings (SSSR count). The first-order valence-electron chi connectivity index (χ1n) is 9.98. The van der Waals surface area contributed by atoms with Gasteiger partial charge in [0.15, 0.2) is 0 Å². The van der Waals surface area contributed by atoms with Crippen molar-refractivity contribution in [2.75, 3.05) is 51.2 Å². The molecule has 2 aliphatic rings. The molecule has 2 fully saturated rings. The molecule has 3 heterocycles. The molecule has 0 radical (unpaired) electrons. The second-order valence-electron chi connectivity index (χ2n) is 7.82. The van der Waals surface area contributed by atoms with E-state index < -0.39 is 0 Å². The summed E-state index contributed by atoms with van der Waals surface area (Å²) in [7, 11) is 2.15. The second kappa shape index (κ2) is 9.33. The van der Waals surface area contributed by atoms with Crippen LogP contribution in [0.25, 0.3) is 0 Å². The lowest BCUT2D eigenvalue weighted by Crippen LogP contribution is -2.45. The summed E-state index contributed by atoms with van der Waals surface area (Å²) in [5.74, 6) is 2.29. The number of likely N-dealkylation sites (N-methyl/N-ethyl adjacent to an activating group) is 1. The third-order valence-electron chi connectivity index (χ3n) is 5.84. The maximum absolute atomic E-state index is 12.4. The number of hydrogen-bond donors (Lipinski definition) is 2. The first-order valence-corrected chi connectivity index (χ1v) is 9.98. The highest BCUT2D eigenvalue weighted by Crippen LogP contribution is 2.24. The summed E-state index contributed by atoms with van der Waals surface area (Å²) >= 11 is 0. The Balaban J connectivity index is 1.51. The van der Waals surface area contributed by atoms with E-state index in [9.17, 15) is 4.79 Å². The van der Waals surface area contributed by atoms with Gasteiger partial charge in [0.2, 0.25) is 5.91 Å². The Morgan fingerprint density at radius 3 is 2.77 bits per heavy atom. The molecular weight excluding hydrogens is 326 g/mol. The van der Waals surface area contributed by atoms with Crippen LogP contribution >= 0.6 is 0 Å². The van der Waals surface area contributed by atoms with Crippen LogP contribution in [0.4, 0.5) is 5.82 Å². The van der Waals surface area contributed by atoms with E-state index in [1.807, 2.05) is 12.3 Å². The summed E-state index contributed by atoms with van der Waals surface area (Å²) in [6.07, 6.45) is 4.84. The lowest BCUT2D eigenvalue weighted by Gasteiger charge is -2.34. The number of pyridine rings is 1. The minimum Gasteiger partial charge on any atom is -0.354 e. The third kappa shape index (κ3) is 5.17. The highest BCUT2D eigenvalue weighted by Gasteiger charge is 2.22. The quantitative estimate of drug-likeness (QED) is 0.806. The molecule has 1 amide bonds. The number of piperidine rings is 1. The van der Waals surface area contributed by atoms with Crippen LogP contribution < -0.4 is 15.5 Å². The molecule has 1 unspecified atom stereocenters. The normalized spacial score (nSPS) is 20.8. The van der Waals surface area contributed by atoms with Gasteiger partial charge in [-0.05, 0) is 50.9 Å². The number of nitrogens with zero attached hydrogens (tertiary/aromatic N) is 3. The van der Waals surface area contributed by atoms with Gasteiger partial charge in [0, 0.05) is 50.9 Å². The van der Waals surface area contributed by atoms with E-state index in [1.54, 1.807) is 0 Å². The van der Waals surface area contributed by atoms with Crippen molar-refractivity contribution in [1.29, 1.82) is 0 Å². The van der Waals surface area contributed by atoms with Gasteiger partial charge < -0.3 is 20.4 Å². The first-order chi connectivity index (χ1) is 12.6. The largest absolute Gasteiger partial charge is 0.354 e. The lowest BCUT2D eigenvalue weighted by atomic mass is 9.84. The molecular formula is C20H33N5O. The van der Waals surface area contributed by atoms with Crippen LogP contribution in [0.5, 0.6) is 0 Å². The van der Waals surface area contributed by atoms with Crippen LogP contribution in [0, 0.1) is 11.8 Å². The van der Waals surface area contributed by atoms with E-state index in [0.717, 1.165) is 50.6 Å². The average molecular weight is 360 g/mol. The van der Waals surface area contributed by atoms with Gasteiger partial charge in [-0.3, -0.25) is 4.79 Å². The Labute approximate surface area is 157 Å². The van der Waals surface area contributed by atoms with Crippen molar-refractivity contribution >= 4 is 11.7 Å². The molecule has 1 atom stereocenters. The van der Waals surface area contributed by atoms with Gasteiger partial charge >= 0.3 is 0 Å². The van der Waals surface area contributed by atoms with E-state index in [1.165, 1.54) is 12.8 Å². The maximum atomic E-state index is 12.4. The summed E-state index contributed by atoms with van der Waals surface area (Å²) in [4.78, 5) is 21.7. The zero-order valence-corrected chi connectivity index (χ0v) is 16.2. The van der Waals surface area contributed by atoms with Crippen LogP contribution in [-0.4, -0.2) is 62.1 Å². The minimum absolute atomic E-state index is 0.157. The molecule has 1 aromatic rings. The zero-order valence-electron chi connectivity index (χ0n) is 16.2. The van der Waals surface area contributed by atoms with Crippen molar-refractivity contribution in [3.05, 3.63) is 23.9 Å². The van der Waals surface area contributed by atoms with Crippen molar-refractivity contribution in [3.8, 4) is 0 Å². The van der Waals surface area contributed by atoms with E-state index in [0.29, 0.717) is 24.8 Å². The fraction of sp³-hybridized carbons (Fsp3) is 0.700. The van der Waals surface area contributed by atoms with Crippen molar-refractivity contribution in [2.24, 2.45) is 11.8 Å². The topological polar surface area (TPSA) is 60.5 Å². The summed E-state index contributed by atoms with van der Waals surface area (Å²) in [5.41, 5.74) is 1.11. The van der Waals surface area contributed by atoms with Crippen molar-refractivity contribution < 1.29 is 4.79 Å². The number of amides is 1. The zero-order chi connectivity index (χ0) is 18.4. The number of aromatic nitrogens is 1. The molecule has 0 bridgehead atoms. The third-order valence-corrected chi connectivity index (χ3v) is 5.84. The van der Waals surface area contributed by atoms with Crippen molar-refractivity contribution in [1.82, 2.24) is 20.5 Å². The first kappa shape index (κ1) is 19.1. The minimum atomic E-state index is 0.157. The second-order valence-corrected chi connectivity index (χ2v) is 7.82. The predicted octanol–water partition coefficient (Wildman–Crippen LogP) is 1.48. The van der Waals surface area contributed by atoms with E-state index in [2.05, 4.69) is 45.5 Å². The Bertz CT molecular complexity index is 579. The number of carbonyl (C=O) groups excluding carboxylic acids is 1. The summed E-state index contributed by atoms with van der Waals surface area (Å²) in [5, 5.41) is 6.52. The molecule has 0 saturated carbocycles. The van der Waals surface area contributed by atoms with Gasteiger partial charge in [0.05, 0.1) is 0 Å². The molecule has 0 aromatic carbocycles. The molecule has 1 aromatic heterocycles. The Morgan fingerprint density at radius 1 is 1.31 bits per heavy atom. The number of carbonyl (C=O) groups is 1. The lowest BCUT2D eigenvalue weighted by molar-refractivity contribution is -0.122. The molecule has 144 valence electrons. The molecule has 6 nitrogen and oxygen atoms in total. The fourth-order valence-electron chi connectivity index (χ4n) is 4.01. The maximum Gasteiger partial charge on any atom is 0.220 e. The molecule has 0 aliphatic carbocycles. The standard InChI is InChI=1S/C20H33N5O/c1-16(17-5-8-21-9-6-17)14-19(26)23-15-18-4-3-7-22-20(18)25-12-10-24(2)11-13-25/h3-4,7,16-17,21H,5-6,8-15H2,1-2H3,(H,23,26). The Morgan fingerprint density at radius 2 is 2.04 bits per heavy atom. The summed E-state index contributed by atoms with van der Waals surface area (Å²) < 4.78 is 0. The smallest absolute Gasteiger partial charge is 0.220 e. The van der Waals surface area contributed by atoms with Crippen LogP contribution in [0.2, 0.25) is 0 Å². The van der Waals surface area contributed by atoms with Gasteiger partial charge in [0.25, 0.3) is 0 Å². The van der Waals surface area contributed by atoms with E-state index >= 15 is 0 Å². The van der Waals surface area contributed by atoms with Crippen molar-refractivity contribution in [2.45, 2.75) is 32.7 Å². The number of piperazine rings is 1. The van der Waals surface area contributed by atoms with E-state index in [-0.39, 0.29) is 5.91 Å². The number of hydrogen-bond acceptors (Lipinski definition) is 5. The molecule has 6 heteroatoms. The molecule has 2 saturated heterocycles. The number of nitrogens with one attached hydrogen (secondary N) is 2. The SMILES string of the molecule is CC(CC(=O)NCc1cccnc1N1CCN(C)CC1)C1CCNCC1. The molecule has 26 heavy (non-hydrogen) atoms. The highest BCUT2D eigenvalue weighted by atomic mass is 16.1. The van der Waals surface area contributed by atoms with Crippen LogP contribution in [0.1, 0.15) is 31.7 Å². The fourth-order valence-corrected chi connectivity index (χ4v) is 4.01. The van der Waals surface area contributed by atoms with Crippen LogP contribution in [-0.2, 0) is 11.3 Å². The van der Waals surface area contributed by atoms with Crippen LogP contribution in [0.15, 0.2) is 18.3 Å². The van der Waals surface area contributed by atoms with Gasteiger partial charge in [-0.15, -0.1) is 0 Å². The van der Waals surface area contributed by atoms with E-state index in [4.69, 9.17) is 0 Å². The predicted molar refractivity (Wildman–Crippen MR) is 105 cm³/mol. The van der Waals surface area contributed by atoms with Gasteiger partial charge in [-0.25, -0.2) is 4.98 Å².